The van der Waals surface area contributed by atoms with Crippen molar-refractivity contribution < 1.29 is 9.47 Å². The minimum atomic E-state index is 0.252. The quantitative estimate of drug-likeness (QED) is 0.576. The zero-order valence-corrected chi connectivity index (χ0v) is 12.0. The number of terminal acetylenes is 1. The molecule has 0 heterocycles. The van der Waals surface area contributed by atoms with E-state index < -0.39 is 0 Å². The second kappa shape index (κ2) is 8.44. The van der Waals surface area contributed by atoms with Crippen molar-refractivity contribution in [2.75, 3.05) is 20.3 Å². The van der Waals surface area contributed by atoms with E-state index >= 15 is 0 Å². The maximum absolute atomic E-state index is 5.41. The van der Waals surface area contributed by atoms with Gasteiger partial charge in [0.15, 0.2) is 11.5 Å². The third kappa shape index (κ3) is 5.67. The molecule has 0 fully saturated rings. The minimum Gasteiger partial charge on any atom is -0.493 e. The van der Waals surface area contributed by atoms with Crippen LogP contribution in [-0.4, -0.2) is 20.3 Å². The second-order valence-electron chi connectivity index (χ2n) is 4.84. The normalized spacial score (nSPS) is 10.3. The fraction of sp³-hybridized carbons (Fsp3) is 0.500. The van der Waals surface area contributed by atoms with E-state index in [0.717, 1.165) is 24.8 Å². The number of hydrogen-bond donors (Lipinski definition) is 1. The van der Waals surface area contributed by atoms with E-state index in [1.807, 2.05) is 18.2 Å². The maximum Gasteiger partial charge on any atom is 0.162 e. The third-order valence-electron chi connectivity index (χ3n) is 2.77. The third-order valence-corrected chi connectivity index (χ3v) is 2.77. The van der Waals surface area contributed by atoms with Crippen molar-refractivity contribution in [1.82, 2.24) is 5.32 Å². The van der Waals surface area contributed by atoms with Crippen molar-refractivity contribution in [2.45, 2.75) is 26.8 Å². The highest BCUT2D eigenvalue weighted by atomic mass is 16.5. The first-order valence-corrected chi connectivity index (χ1v) is 6.61. The lowest BCUT2D eigenvalue weighted by atomic mass is 10.1. The Hall–Kier alpha value is -1.66. The van der Waals surface area contributed by atoms with Crippen LogP contribution in [-0.2, 0) is 6.54 Å². The Bertz CT molecular complexity index is 421. The molecule has 0 aliphatic rings. The van der Waals surface area contributed by atoms with Gasteiger partial charge in [-0.25, -0.2) is 0 Å². The van der Waals surface area contributed by atoms with Gasteiger partial charge in [-0.1, -0.05) is 25.8 Å². The van der Waals surface area contributed by atoms with Gasteiger partial charge >= 0.3 is 0 Å². The monoisotopic (exact) mass is 261 g/mol. The SMILES string of the molecule is C#CCOc1ccc(CNCCC(C)C)cc1OC. The van der Waals surface area contributed by atoms with Gasteiger partial charge in [-0.15, -0.1) is 6.42 Å². The first-order valence-electron chi connectivity index (χ1n) is 6.61. The van der Waals surface area contributed by atoms with Crippen LogP contribution in [0, 0.1) is 18.3 Å². The van der Waals surface area contributed by atoms with Crippen LogP contribution in [0.1, 0.15) is 25.8 Å². The molecule has 0 saturated heterocycles. The molecule has 0 unspecified atom stereocenters. The van der Waals surface area contributed by atoms with Crippen LogP contribution in [0.25, 0.3) is 0 Å². The number of methoxy groups -OCH3 is 1. The number of ether oxygens (including phenoxy) is 2. The van der Waals surface area contributed by atoms with E-state index in [0.29, 0.717) is 5.75 Å². The number of rotatable bonds is 8. The molecule has 0 radical (unpaired) electrons. The molecule has 104 valence electrons. The summed E-state index contributed by atoms with van der Waals surface area (Å²) in [4.78, 5) is 0. The maximum atomic E-state index is 5.41. The molecule has 0 bridgehead atoms. The predicted octanol–water partition coefficient (Wildman–Crippen LogP) is 2.84. The van der Waals surface area contributed by atoms with Crippen LogP contribution in [0.2, 0.25) is 0 Å². The van der Waals surface area contributed by atoms with Crippen molar-refractivity contribution in [3.63, 3.8) is 0 Å². The van der Waals surface area contributed by atoms with Crippen LogP contribution in [0.5, 0.6) is 11.5 Å². The smallest absolute Gasteiger partial charge is 0.162 e. The molecule has 0 aliphatic heterocycles. The van der Waals surface area contributed by atoms with E-state index in [1.54, 1.807) is 7.11 Å². The number of benzene rings is 1. The molecule has 19 heavy (non-hydrogen) atoms. The van der Waals surface area contributed by atoms with E-state index in [2.05, 4.69) is 25.1 Å². The van der Waals surface area contributed by atoms with E-state index in [1.165, 1.54) is 12.0 Å². The minimum absolute atomic E-state index is 0.252. The van der Waals surface area contributed by atoms with Gasteiger partial charge in [-0.2, -0.15) is 0 Å². The molecule has 0 aliphatic carbocycles. The second-order valence-corrected chi connectivity index (χ2v) is 4.84. The van der Waals surface area contributed by atoms with Gasteiger partial charge < -0.3 is 14.8 Å². The molecule has 1 aromatic rings. The predicted molar refractivity (Wildman–Crippen MR) is 78.5 cm³/mol. The van der Waals surface area contributed by atoms with E-state index in [-0.39, 0.29) is 6.61 Å². The number of hydrogen-bond acceptors (Lipinski definition) is 3. The number of nitrogens with one attached hydrogen (secondary N) is 1. The average Bonchev–Trinajstić information content (AvgIpc) is 2.41. The van der Waals surface area contributed by atoms with Gasteiger partial charge in [0.25, 0.3) is 0 Å². The summed E-state index contributed by atoms with van der Waals surface area (Å²) in [6.07, 6.45) is 6.36. The Morgan fingerprint density at radius 3 is 2.74 bits per heavy atom. The van der Waals surface area contributed by atoms with E-state index in [9.17, 15) is 0 Å². The fourth-order valence-electron chi connectivity index (χ4n) is 1.68. The summed E-state index contributed by atoms with van der Waals surface area (Å²) < 4.78 is 10.7. The highest BCUT2D eigenvalue weighted by Crippen LogP contribution is 2.27. The summed E-state index contributed by atoms with van der Waals surface area (Å²) in [5, 5.41) is 3.42. The molecule has 0 spiro atoms. The van der Waals surface area contributed by atoms with Crippen LogP contribution in [0.15, 0.2) is 18.2 Å². The molecule has 1 aromatic carbocycles. The molecule has 0 amide bonds. The fourth-order valence-corrected chi connectivity index (χ4v) is 1.68. The first kappa shape index (κ1) is 15.4. The van der Waals surface area contributed by atoms with Crippen LogP contribution in [0.3, 0.4) is 0 Å². The molecule has 1 rings (SSSR count). The molecule has 3 nitrogen and oxygen atoms in total. The summed E-state index contributed by atoms with van der Waals surface area (Å²) in [7, 11) is 1.63. The van der Waals surface area contributed by atoms with Crippen LogP contribution in [0.4, 0.5) is 0 Å². The van der Waals surface area contributed by atoms with Gasteiger partial charge in [-0.3, -0.25) is 0 Å². The van der Waals surface area contributed by atoms with Gasteiger partial charge in [-0.05, 0) is 36.6 Å². The molecule has 0 aromatic heterocycles. The van der Waals surface area contributed by atoms with Gasteiger partial charge in [0.1, 0.15) is 6.61 Å². The lowest BCUT2D eigenvalue weighted by Crippen LogP contribution is -2.16. The molecule has 3 heteroatoms. The van der Waals surface area contributed by atoms with Crippen molar-refractivity contribution in [1.29, 1.82) is 0 Å². The van der Waals surface area contributed by atoms with Gasteiger partial charge in [0, 0.05) is 6.54 Å². The molecule has 1 N–H and O–H groups in total. The van der Waals surface area contributed by atoms with Crippen molar-refractivity contribution >= 4 is 0 Å². The summed E-state index contributed by atoms with van der Waals surface area (Å²) >= 11 is 0. The summed E-state index contributed by atoms with van der Waals surface area (Å²) in [5.74, 6) is 4.58. The summed E-state index contributed by atoms with van der Waals surface area (Å²) in [6, 6.07) is 5.90. The van der Waals surface area contributed by atoms with Crippen LogP contribution >= 0.6 is 0 Å². The Labute approximate surface area is 116 Å². The molecule has 0 atom stereocenters. The van der Waals surface area contributed by atoms with Gasteiger partial charge in [0.05, 0.1) is 7.11 Å². The van der Waals surface area contributed by atoms with Crippen molar-refractivity contribution in [3.8, 4) is 23.8 Å². The highest BCUT2D eigenvalue weighted by Gasteiger charge is 2.05. The largest absolute Gasteiger partial charge is 0.493 e. The molecule has 0 saturated carbocycles. The highest BCUT2D eigenvalue weighted by molar-refractivity contribution is 5.43. The topological polar surface area (TPSA) is 30.5 Å². The Morgan fingerprint density at radius 2 is 2.11 bits per heavy atom. The van der Waals surface area contributed by atoms with Crippen molar-refractivity contribution in [3.05, 3.63) is 23.8 Å². The standard InChI is InChI=1S/C16H23NO2/c1-5-10-19-15-7-6-14(11-16(15)18-4)12-17-9-8-13(2)3/h1,6-7,11,13,17H,8-10,12H2,2-4H3. The van der Waals surface area contributed by atoms with E-state index in [4.69, 9.17) is 15.9 Å². The Morgan fingerprint density at radius 1 is 1.32 bits per heavy atom. The van der Waals surface area contributed by atoms with Gasteiger partial charge in [0.2, 0.25) is 0 Å². The van der Waals surface area contributed by atoms with Crippen LogP contribution < -0.4 is 14.8 Å². The first-order chi connectivity index (χ1) is 9.17. The lowest BCUT2D eigenvalue weighted by Gasteiger charge is -2.11. The zero-order valence-electron chi connectivity index (χ0n) is 12.0. The zero-order chi connectivity index (χ0) is 14.1. The average molecular weight is 261 g/mol. The Balaban J connectivity index is 2.54. The van der Waals surface area contributed by atoms with Crippen molar-refractivity contribution in [2.24, 2.45) is 5.92 Å². The summed E-state index contributed by atoms with van der Waals surface area (Å²) in [5.41, 5.74) is 1.17. The lowest BCUT2D eigenvalue weighted by molar-refractivity contribution is 0.330. The Kier molecular flexibility index (Phi) is 6.84. The summed E-state index contributed by atoms with van der Waals surface area (Å²) in [6.45, 7) is 6.56. The molecular weight excluding hydrogens is 238 g/mol. The molecular formula is C16H23NO2.